The smallest absolute Gasteiger partial charge is 0.192 e. The van der Waals surface area contributed by atoms with Crippen LogP contribution in [0.4, 0.5) is 0 Å². The molecular formula is C10H24O2Si. The molecule has 0 aliphatic rings. The van der Waals surface area contributed by atoms with Crippen LogP contribution in [-0.4, -0.2) is 26.1 Å². The summed E-state index contributed by atoms with van der Waals surface area (Å²) in [6, 6.07) is 0. The highest BCUT2D eigenvalue weighted by molar-refractivity contribution is 6.74. The Bertz CT molecular complexity index is 145. The summed E-state index contributed by atoms with van der Waals surface area (Å²) >= 11 is 0. The summed E-state index contributed by atoms with van der Waals surface area (Å²) in [5.74, 6) is 0. The molecule has 1 atom stereocenters. The summed E-state index contributed by atoms with van der Waals surface area (Å²) in [7, 11) is -1.67. The summed E-state index contributed by atoms with van der Waals surface area (Å²) < 4.78 is 5.99. The van der Waals surface area contributed by atoms with Gasteiger partial charge in [-0.1, -0.05) is 27.7 Å². The van der Waals surface area contributed by atoms with Gasteiger partial charge in [0.15, 0.2) is 8.32 Å². The van der Waals surface area contributed by atoms with Crippen molar-refractivity contribution in [2.24, 2.45) is 0 Å². The summed E-state index contributed by atoms with van der Waals surface area (Å²) in [6.45, 7) is 13.3. The Balaban J connectivity index is 4.31. The van der Waals surface area contributed by atoms with E-state index in [0.29, 0.717) is 0 Å². The molecule has 3 heteroatoms. The molecule has 0 amide bonds. The van der Waals surface area contributed by atoms with E-state index in [0.717, 1.165) is 6.42 Å². The average Bonchev–Trinajstić information content (AvgIpc) is 1.98. The third kappa shape index (κ3) is 3.79. The second-order valence-corrected chi connectivity index (χ2v) is 9.85. The Hall–Kier alpha value is 0.137. The molecule has 0 bridgehead atoms. The molecule has 2 nitrogen and oxygen atoms in total. The number of hydrogen-bond donors (Lipinski definition) is 1. The van der Waals surface area contributed by atoms with Gasteiger partial charge in [-0.15, -0.1) is 0 Å². The van der Waals surface area contributed by atoms with E-state index in [-0.39, 0.29) is 17.7 Å². The molecule has 0 spiro atoms. The van der Waals surface area contributed by atoms with E-state index >= 15 is 0 Å². The molecule has 0 rings (SSSR count). The lowest BCUT2D eigenvalue weighted by atomic mass is 10.2. The molecule has 13 heavy (non-hydrogen) atoms. The second-order valence-electron chi connectivity index (χ2n) is 5.09. The zero-order valence-electron chi connectivity index (χ0n) is 9.85. The molecule has 0 aliphatic carbocycles. The van der Waals surface area contributed by atoms with Crippen LogP contribution in [0.15, 0.2) is 0 Å². The van der Waals surface area contributed by atoms with Crippen molar-refractivity contribution in [2.45, 2.75) is 58.4 Å². The number of aliphatic hydroxyl groups excluding tert-OH is 1. The van der Waals surface area contributed by atoms with Crippen molar-refractivity contribution in [3.05, 3.63) is 0 Å². The first-order valence-corrected chi connectivity index (χ1v) is 7.94. The Morgan fingerprint density at radius 2 is 1.77 bits per heavy atom. The summed E-state index contributed by atoms with van der Waals surface area (Å²) in [5.41, 5.74) is 0. The molecule has 0 aromatic carbocycles. The fourth-order valence-electron chi connectivity index (χ4n) is 0.843. The van der Waals surface area contributed by atoms with Crippen LogP contribution in [-0.2, 0) is 4.43 Å². The minimum atomic E-state index is -1.67. The van der Waals surface area contributed by atoms with Crippen molar-refractivity contribution in [3.63, 3.8) is 0 Å². The fourth-order valence-corrected chi connectivity index (χ4v) is 2.27. The topological polar surface area (TPSA) is 29.5 Å². The van der Waals surface area contributed by atoms with E-state index in [1.807, 2.05) is 6.92 Å². The van der Waals surface area contributed by atoms with E-state index in [9.17, 15) is 0 Å². The van der Waals surface area contributed by atoms with Gasteiger partial charge >= 0.3 is 0 Å². The zero-order chi connectivity index (χ0) is 10.7. The Morgan fingerprint density at radius 3 is 2.00 bits per heavy atom. The number of aliphatic hydroxyl groups is 1. The highest BCUT2D eigenvalue weighted by Gasteiger charge is 2.38. The van der Waals surface area contributed by atoms with Crippen LogP contribution >= 0.6 is 0 Å². The van der Waals surface area contributed by atoms with E-state index in [2.05, 4.69) is 33.9 Å². The fraction of sp³-hybridized carbons (Fsp3) is 1.00. The Labute approximate surface area is 83.4 Å². The van der Waals surface area contributed by atoms with Crippen LogP contribution in [0.25, 0.3) is 0 Å². The molecule has 0 radical (unpaired) electrons. The molecule has 0 aliphatic heterocycles. The molecule has 1 N–H and O–H groups in total. The summed E-state index contributed by atoms with van der Waals surface area (Å²) in [6.07, 6.45) is 0.920. The van der Waals surface area contributed by atoms with Crippen molar-refractivity contribution in [1.82, 2.24) is 0 Å². The van der Waals surface area contributed by atoms with Gasteiger partial charge in [-0.2, -0.15) is 0 Å². The summed E-state index contributed by atoms with van der Waals surface area (Å²) in [4.78, 5) is 0. The first kappa shape index (κ1) is 13.1. The summed E-state index contributed by atoms with van der Waals surface area (Å²) in [5, 5.41) is 9.28. The standard InChI is InChI=1S/C10H24O2Si/c1-7-9(8-11)12-13(5,6)10(2,3)4/h9,11H,7-8H2,1-6H3/t9-/m1/s1. The van der Waals surface area contributed by atoms with Crippen LogP contribution in [0.1, 0.15) is 34.1 Å². The van der Waals surface area contributed by atoms with Gasteiger partial charge < -0.3 is 9.53 Å². The van der Waals surface area contributed by atoms with Crippen LogP contribution in [0.5, 0.6) is 0 Å². The van der Waals surface area contributed by atoms with Crippen molar-refractivity contribution >= 4 is 8.32 Å². The van der Waals surface area contributed by atoms with E-state index in [1.165, 1.54) is 0 Å². The normalized spacial score (nSPS) is 15.9. The van der Waals surface area contributed by atoms with E-state index < -0.39 is 8.32 Å². The third-order valence-corrected chi connectivity index (χ3v) is 7.46. The maximum absolute atomic E-state index is 9.05. The first-order valence-electron chi connectivity index (χ1n) is 5.03. The van der Waals surface area contributed by atoms with Crippen LogP contribution in [0.3, 0.4) is 0 Å². The monoisotopic (exact) mass is 204 g/mol. The lowest BCUT2D eigenvalue weighted by Crippen LogP contribution is -2.44. The van der Waals surface area contributed by atoms with Gasteiger partial charge in [0.2, 0.25) is 0 Å². The zero-order valence-corrected chi connectivity index (χ0v) is 10.8. The van der Waals surface area contributed by atoms with Crippen LogP contribution < -0.4 is 0 Å². The van der Waals surface area contributed by atoms with Crippen LogP contribution in [0, 0.1) is 0 Å². The molecule has 0 aromatic rings. The molecule has 0 aromatic heterocycles. The predicted octanol–water partition coefficient (Wildman–Crippen LogP) is 2.78. The van der Waals surface area contributed by atoms with E-state index in [4.69, 9.17) is 9.53 Å². The van der Waals surface area contributed by atoms with E-state index in [1.54, 1.807) is 0 Å². The van der Waals surface area contributed by atoms with Crippen molar-refractivity contribution in [2.75, 3.05) is 6.61 Å². The SMILES string of the molecule is CC[C@H](CO)O[Si](C)(C)C(C)(C)C. The van der Waals surface area contributed by atoms with Gasteiger partial charge in [-0.3, -0.25) is 0 Å². The quantitative estimate of drug-likeness (QED) is 0.714. The van der Waals surface area contributed by atoms with Crippen molar-refractivity contribution in [3.8, 4) is 0 Å². The Kier molecular flexibility index (Phi) is 4.62. The van der Waals surface area contributed by atoms with Gasteiger partial charge in [-0.25, -0.2) is 0 Å². The lowest BCUT2D eigenvalue weighted by Gasteiger charge is -2.38. The van der Waals surface area contributed by atoms with Gasteiger partial charge in [0, 0.05) is 0 Å². The third-order valence-electron chi connectivity index (χ3n) is 2.93. The largest absolute Gasteiger partial charge is 0.412 e. The van der Waals surface area contributed by atoms with Crippen molar-refractivity contribution < 1.29 is 9.53 Å². The lowest BCUT2D eigenvalue weighted by molar-refractivity contribution is 0.0999. The highest BCUT2D eigenvalue weighted by Crippen LogP contribution is 2.37. The van der Waals surface area contributed by atoms with Crippen LogP contribution in [0.2, 0.25) is 18.1 Å². The minimum Gasteiger partial charge on any atom is -0.412 e. The highest BCUT2D eigenvalue weighted by atomic mass is 28.4. The molecule has 0 unspecified atom stereocenters. The maximum Gasteiger partial charge on any atom is 0.192 e. The molecule has 80 valence electrons. The average molecular weight is 204 g/mol. The Morgan fingerprint density at radius 1 is 1.31 bits per heavy atom. The minimum absolute atomic E-state index is 0.0286. The molecule has 0 fully saturated rings. The van der Waals surface area contributed by atoms with Gasteiger partial charge in [0.1, 0.15) is 0 Å². The predicted molar refractivity (Wildman–Crippen MR) is 59.4 cm³/mol. The van der Waals surface area contributed by atoms with Gasteiger partial charge in [0.25, 0.3) is 0 Å². The van der Waals surface area contributed by atoms with Crippen molar-refractivity contribution in [1.29, 1.82) is 0 Å². The number of rotatable bonds is 4. The molecular weight excluding hydrogens is 180 g/mol. The first-order chi connectivity index (χ1) is 5.74. The molecule has 0 heterocycles. The second kappa shape index (κ2) is 4.58. The number of hydrogen-bond acceptors (Lipinski definition) is 2. The maximum atomic E-state index is 9.05. The molecule has 0 saturated heterocycles. The van der Waals surface area contributed by atoms with Gasteiger partial charge in [0.05, 0.1) is 12.7 Å². The van der Waals surface area contributed by atoms with Gasteiger partial charge in [-0.05, 0) is 24.6 Å². The molecule has 0 saturated carbocycles.